The van der Waals surface area contributed by atoms with Gasteiger partial charge in [0.2, 0.25) is 0 Å². The van der Waals surface area contributed by atoms with E-state index < -0.39 is 17.3 Å². The lowest BCUT2D eigenvalue weighted by Crippen LogP contribution is -2.09. The second-order valence-electron chi connectivity index (χ2n) is 4.40. The van der Waals surface area contributed by atoms with Gasteiger partial charge in [-0.05, 0) is 18.2 Å². The minimum Gasteiger partial charge on any atom is -0.218 e. The first-order valence-corrected chi connectivity index (χ1v) is 6.47. The molecule has 0 aliphatic rings. The van der Waals surface area contributed by atoms with E-state index in [2.05, 4.69) is 10.1 Å². The Morgan fingerprint density at radius 1 is 1.24 bits per heavy atom. The summed E-state index contributed by atoms with van der Waals surface area (Å²) in [6.07, 6.45) is -3.32. The zero-order chi connectivity index (χ0) is 15.6. The van der Waals surface area contributed by atoms with E-state index in [1.54, 1.807) is 6.07 Å². The minimum atomic E-state index is -4.55. The Kier molecular flexibility index (Phi) is 3.98. The molecule has 0 atom stereocenters. The number of aryl methyl sites for hydroxylation is 2. The predicted octanol–water partition coefficient (Wildman–Crippen LogP) is 3.28. The number of hydrogen-bond donors (Lipinski definition) is 0. The number of aromatic nitrogens is 3. The van der Waals surface area contributed by atoms with Crippen molar-refractivity contribution in [2.75, 3.05) is 0 Å². The maximum Gasteiger partial charge on any atom is 0.417 e. The normalized spacial score (nSPS) is 11.4. The van der Waals surface area contributed by atoms with Crippen LogP contribution in [0.15, 0.2) is 18.2 Å². The fraction of sp³-hybridized carbons (Fsp3) is 0.357. The lowest BCUT2D eigenvalue weighted by Gasteiger charge is -2.11. The van der Waals surface area contributed by atoms with Crippen LogP contribution in [0.2, 0.25) is 0 Å². The summed E-state index contributed by atoms with van der Waals surface area (Å²) >= 11 is 0. The van der Waals surface area contributed by atoms with Crippen molar-refractivity contribution in [2.45, 2.75) is 32.9 Å². The highest BCUT2D eigenvalue weighted by atomic mass is 19.4. The second-order valence-corrected chi connectivity index (χ2v) is 4.40. The Bertz CT molecular complexity index is 695. The van der Waals surface area contributed by atoms with Gasteiger partial charge in [0.15, 0.2) is 5.82 Å². The van der Waals surface area contributed by atoms with Crippen molar-refractivity contribution < 1.29 is 13.2 Å². The fourth-order valence-corrected chi connectivity index (χ4v) is 1.98. The van der Waals surface area contributed by atoms with Gasteiger partial charge in [-0.1, -0.05) is 13.8 Å². The Balaban J connectivity index is 2.57. The van der Waals surface area contributed by atoms with E-state index in [4.69, 9.17) is 5.26 Å². The van der Waals surface area contributed by atoms with Crippen molar-refractivity contribution in [2.24, 2.45) is 0 Å². The Labute approximate surface area is 119 Å². The van der Waals surface area contributed by atoms with Crippen LogP contribution in [0, 0.1) is 11.3 Å². The highest BCUT2D eigenvalue weighted by molar-refractivity contribution is 5.47. The van der Waals surface area contributed by atoms with Gasteiger partial charge in [0, 0.05) is 12.8 Å². The van der Waals surface area contributed by atoms with Gasteiger partial charge in [0.1, 0.15) is 5.82 Å². The molecule has 0 aliphatic heterocycles. The Morgan fingerprint density at radius 3 is 2.48 bits per heavy atom. The molecule has 0 saturated heterocycles. The minimum absolute atomic E-state index is 0.406. The molecule has 0 saturated carbocycles. The largest absolute Gasteiger partial charge is 0.417 e. The number of hydrogen-bond acceptors (Lipinski definition) is 3. The van der Waals surface area contributed by atoms with Gasteiger partial charge in [-0.2, -0.15) is 23.5 Å². The summed E-state index contributed by atoms with van der Waals surface area (Å²) in [4.78, 5) is 4.30. The van der Waals surface area contributed by atoms with E-state index in [1.165, 1.54) is 16.8 Å². The Morgan fingerprint density at radius 2 is 1.95 bits per heavy atom. The highest BCUT2D eigenvalue weighted by Gasteiger charge is 2.33. The smallest absolute Gasteiger partial charge is 0.218 e. The molecule has 1 aromatic carbocycles. The molecule has 0 spiro atoms. The summed E-state index contributed by atoms with van der Waals surface area (Å²) in [5.74, 6) is 1.26. The second kappa shape index (κ2) is 5.56. The van der Waals surface area contributed by atoms with Crippen LogP contribution in [0.3, 0.4) is 0 Å². The standard InChI is InChI=1S/C14H13F3N4/c1-3-12-19-13(4-2)21(20-12)10-5-6-11(14(15,16)17)9(7-10)8-18/h5-7H,3-4H2,1-2H3. The highest BCUT2D eigenvalue weighted by Crippen LogP contribution is 2.32. The summed E-state index contributed by atoms with van der Waals surface area (Å²) in [5, 5.41) is 13.2. The van der Waals surface area contributed by atoms with E-state index in [0.717, 1.165) is 6.07 Å². The third kappa shape index (κ3) is 2.89. The average Bonchev–Trinajstić information content (AvgIpc) is 2.89. The molecule has 0 fully saturated rings. The first-order chi connectivity index (χ1) is 9.90. The third-order valence-corrected chi connectivity index (χ3v) is 3.02. The molecule has 1 heterocycles. The van der Waals surface area contributed by atoms with Gasteiger partial charge < -0.3 is 0 Å². The van der Waals surface area contributed by atoms with E-state index in [9.17, 15) is 13.2 Å². The van der Waals surface area contributed by atoms with E-state index in [-0.39, 0.29) is 0 Å². The Hall–Kier alpha value is -2.36. The number of alkyl halides is 3. The molecule has 0 unspecified atom stereocenters. The van der Waals surface area contributed by atoms with Crippen LogP contribution in [-0.4, -0.2) is 14.8 Å². The summed E-state index contributed by atoms with van der Waals surface area (Å²) in [5.41, 5.74) is -0.957. The average molecular weight is 294 g/mol. The molecule has 4 nitrogen and oxygen atoms in total. The van der Waals surface area contributed by atoms with Crippen LogP contribution in [0.5, 0.6) is 0 Å². The van der Waals surface area contributed by atoms with Crippen molar-refractivity contribution in [1.82, 2.24) is 14.8 Å². The lowest BCUT2D eigenvalue weighted by atomic mass is 10.1. The van der Waals surface area contributed by atoms with Gasteiger partial charge >= 0.3 is 6.18 Å². The van der Waals surface area contributed by atoms with Crippen molar-refractivity contribution in [3.05, 3.63) is 41.0 Å². The third-order valence-electron chi connectivity index (χ3n) is 3.02. The number of nitriles is 1. The number of rotatable bonds is 3. The summed E-state index contributed by atoms with van der Waals surface area (Å²) in [7, 11) is 0. The monoisotopic (exact) mass is 294 g/mol. The van der Waals surface area contributed by atoms with Crippen molar-refractivity contribution in [3.63, 3.8) is 0 Å². The van der Waals surface area contributed by atoms with E-state index >= 15 is 0 Å². The first-order valence-electron chi connectivity index (χ1n) is 6.47. The lowest BCUT2D eigenvalue weighted by molar-refractivity contribution is -0.137. The summed E-state index contributed by atoms with van der Waals surface area (Å²) in [6, 6.07) is 4.99. The van der Waals surface area contributed by atoms with Crippen LogP contribution in [0.25, 0.3) is 5.69 Å². The van der Waals surface area contributed by atoms with Gasteiger partial charge in [-0.3, -0.25) is 0 Å². The summed E-state index contributed by atoms with van der Waals surface area (Å²) < 4.78 is 39.8. The fourth-order valence-electron chi connectivity index (χ4n) is 1.98. The number of halogens is 3. The van der Waals surface area contributed by atoms with Crippen LogP contribution in [0.4, 0.5) is 13.2 Å². The van der Waals surface area contributed by atoms with Gasteiger partial charge in [-0.25, -0.2) is 9.67 Å². The molecule has 0 amide bonds. The molecule has 2 rings (SSSR count). The van der Waals surface area contributed by atoms with Gasteiger partial charge in [-0.15, -0.1) is 0 Å². The molecular formula is C14H13F3N4. The topological polar surface area (TPSA) is 54.5 Å². The maximum atomic E-state index is 12.8. The van der Waals surface area contributed by atoms with Crippen LogP contribution < -0.4 is 0 Å². The maximum absolute atomic E-state index is 12.8. The summed E-state index contributed by atoms with van der Waals surface area (Å²) in [6.45, 7) is 3.78. The first kappa shape index (κ1) is 15.0. The zero-order valence-electron chi connectivity index (χ0n) is 11.6. The number of benzene rings is 1. The van der Waals surface area contributed by atoms with Crippen LogP contribution in [-0.2, 0) is 19.0 Å². The van der Waals surface area contributed by atoms with Gasteiger partial charge in [0.25, 0.3) is 0 Å². The molecule has 21 heavy (non-hydrogen) atoms. The zero-order valence-corrected chi connectivity index (χ0v) is 11.6. The predicted molar refractivity (Wildman–Crippen MR) is 69.8 cm³/mol. The molecule has 110 valence electrons. The van der Waals surface area contributed by atoms with Crippen LogP contribution >= 0.6 is 0 Å². The molecular weight excluding hydrogens is 281 g/mol. The van der Waals surface area contributed by atoms with Crippen molar-refractivity contribution >= 4 is 0 Å². The molecule has 0 radical (unpaired) electrons. The SMILES string of the molecule is CCc1nc(CC)n(-c2ccc(C(F)(F)F)c(C#N)c2)n1. The molecule has 0 bridgehead atoms. The van der Waals surface area contributed by atoms with Crippen molar-refractivity contribution in [1.29, 1.82) is 5.26 Å². The van der Waals surface area contributed by atoms with Gasteiger partial charge in [0.05, 0.1) is 22.9 Å². The molecule has 2 aromatic rings. The number of nitrogens with zero attached hydrogens (tertiary/aromatic N) is 4. The van der Waals surface area contributed by atoms with Crippen molar-refractivity contribution in [3.8, 4) is 11.8 Å². The molecule has 1 aromatic heterocycles. The molecule has 0 N–H and O–H groups in total. The van der Waals surface area contributed by atoms with E-state index in [1.807, 2.05) is 13.8 Å². The quantitative estimate of drug-likeness (QED) is 0.873. The van der Waals surface area contributed by atoms with E-state index in [0.29, 0.717) is 30.2 Å². The van der Waals surface area contributed by atoms with Crippen LogP contribution in [0.1, 0.15) is 36.6 Å². The molecule has 7 heteroatoms. The molecule has 0 aliphatic carbocycles.